The summed E-state index contributed by atoms with van der Waals surface area (Å²) in [6.45, 7) is 16.2. The summed E-state index contributed by atoms with van der Waals surface area (Å²) in [6.07, 6.45) is 4.76. The van der Waals surface area contributed by atoms with Gasteiger partial charge in [-0.05, 0) is 141 Å². The second-order valence-electron chi connectivity index (χ2n) is 26.5. The number of hydrogen-bond donors (Lipinski definition) is 8. The minimum atomic E-state index is -4.56. The second-order valence-corrected chi connectivity index (χ2v) is 26.9. The van der Waals surface area contributed by atoms with Gasteiger partial charge in [-0.15, -0.1) is 0 Å². The predicted molar refractivity (Wildman–Crippen MR) is 418 cm³/mol. The average Bonchev–Trinajstić information content (AvgIpc) is 1.44. The molecule has 9 N–H and O–H groups in total. The Morgan fingerprint density at radius 3 is 1.79 bits per heavy atom. The molecule has 7 heterocycles. The van der Waals surface area contributed by atoms with Crippen molar-refractivity contribution in [1.29, 1.82) is 0 Å². The summed E-state index contributed by atoms with van der Waals surface area (Å²) in [6, 6.07) is 26.1. The predicted octanol–water partition coefficient (Wildman–Crippen LogP) is 9.51. The van der Waals surface area contributed by atoms with Crippen molar-refractivity contribution >= 4 is 70.4 Å². The van der Waals surface area contributed by atoms with E-state index in [2.05, 4.69) is 107 Å². The summed E-state index contributed by atoms with van der Waals surface area (Å²) in [4.78, 5) is 98.2. The van der Waals surface area contributed by atoms with Crippen LogP contribution in [-0.4, -0.2) is 186 Å². The van der Waals surface area contributed by atoms with Gasteiger partial charge in [0.1, 0.15) is 17.2 Å². The number of nitrogens with two attached hydrogens (primary N) is 1. The highest BCUT2D eigenvalue weighted by Crippen LogP contribution is 2.35. The third-order valence-corrected chi connectivity index (χ3v) is 18.4. The number of rotatable bonds is 16. The molecule has 5 aromatic heterocycles. The number of pyridine rings is 1. The van der Waals surface area contributed by atoms with Gasteiger partial charge < -0.3 is 55.9 Å². The van der Waals surface area contributed by atoms with Gasteiger partial charge in [0, 0.05) is 155 Å². The van der Waals surface area contributed by atoms with E-state index < -0.39 is 35.4 Å². The van der Waals surface area contributed by atoms with E-state index in [0.717, 1.165) is 91.5 Å². The molecule has 32 heteroatoms. The molecule has 5 aromatic carbocycles. The molecular weight excluding hydrogens is 1480 g/mol. The number of nitrogens with zero attached hydrogens (tertiary/aromatic N) is 12. The minimum absolute atomic E-state index is 0.0545. The topological polar surface area (TPSA) is 326 Å². The van der Waals surface area contributed by atoms with E-state index in [1.807, 2.05) is 63.9 Å². The molecular formula is C81H82ClF4N19O8. The third-order valence-electron chi connectivity index (χ3n) is 18.1. The molecule has 2 aliphatic rings. The Bertz CT molecular complexity index is 5370. The van der Waals surface area contributed by atoms with Crippen molar-refractivity contribution in [1.82, 2.24) is 69.1 Å². The quantitative estimate of drug-likeness (QED) is 0.0330. The van der Waals surface area contributed by atoms with Gasteiger partial charge in [-0.3, -0.25) is 39.2 Å². The van der Waals surface area contributed by atoms with Crippen LogP contribution in [0.1, 0.15) is 120 Å². The van der Waals surface area contributed by atoms with Crippen LogP contribution in [0.3, 0.4) is 0 Å². The normalized spacial score (nSPS) is 13.0. The zero-order valence-electron chi connectivity index (χ0n) is 63.1. The third kappa shape index (κ3) is 23.4. The molecule has 0 unspecified atom stereocenters. The molecule has 0 bridgehead atoms. The maximum absolute atomic E-state index is 14.2. The van der Waals surface area contributed by atoms with Crippen LogP contribution >= 0.6 is 11.6 Å². The Morgan fingerprint density at radius 1 is 0.593 bits per heavy atom. The van der Waals surface area contributed by atoms with E-state index in [9.17, 15) is 46.3 Å². The van der Waals surface area contributed by atoms with E-state index >= 15 is 0 Å². The molecule has 12 rings (SSSR count). The molecule has 2 aliphatic heterocycles. The lowest BCUT2D eigenvalue weighted by molar-refractivity contribution is -0.138. The van der Waals surface area contributed by atoms with Crippen LogP contribution in [0.25, 0.3) is 0 Å². The van der Waals surface area contributed by atoms with Gasteiger partial charge in [0.2, 0.25) is 0 Å². The molecule has 2 saturated heterocycles. The number of likely N-dealkylation sites (N-methyl/N-ethyl adjacent to an activating group) is 1. The summed E-state index contributed by atoms with van der Waals surface area (Å²) in [5.74, 6) is 15.9. The Balaban J connectivity index is 0.000000180. The lowest BCUT2D eigenvalue weighted by Crippen LogP contribution is -2.46. The van der Waals surface area contributed by atoms with Crippen LogP contribution in [-0.2, 0) is 32.9 Å². The van der Waals surface area contributed by atoms with Gasteiger partial charge in [0.25, 0.3) is 23.6 Å². The fraction of sp³-hybridized carbons (Fsp3) is 0.272. The number of halogens is 5. The highest BCUT2D eigenvalue weighted by atomic mass is 35.5. The fourth-order valence-corrected chi connectivity index (χ4v) is 11.9. The van der Waals surface area contributed by atoms with Crippen molar-refractivity contribution in [2.75, 3.05) is 108 Å². The Morgan fingerprint density at radius 2 is 1.17 bits per heavy atom. The lowest BCUT2D eigenvalue weighted by atomic mass is 10.0. The number of aryl methyl sites for hydroxylation is 4. The molecule has 113 heavy (non-hydrogen) atoms. The number of aliphatic hydroxyl groups is 1. The standard InChI is InChI=1S/C29H31F3N6O2.C28H31ClN6O3.C24H20FN7O3/c1-19-5-6-21(15-20(19)8-10-24-17-34-26(37(24)4)28(40)33-2)27(39)35-23-9-7-22(25(16-23)29(30,31)32)18-38-13-11-36(3)12-14-38;1-20-3-8-25(15-22(20)5-4-21-17-31-35(18-21)28(38)30-2)32-27(37)23-6-7-24(26(29)16-23)19-34-11-9-33(10-12-34)13-14-36;1-14-3-5-18(7-16(14)4-6-20-10-27-24(35-20)31-23(26)34)30-22(33)21-9-17(25)8-19(29-21)12-32-11-15(2)28-13-32/h5-7,9,15-17H,11-14,18H2,1-4H3,(H,33,40)(H,35,39);3,6-8,15-18,36H,9-14,19H2,1-2H3,(H,30,38)(H,32,37);3,5,7-11,13H,12H2,1-2H3,(H,30,33)(H3,26,27,31,34). The molecule has 0 radical (unpaired) electrons. The number of hydrogen-bond acceptors (Lipinski definition) is 17. The number of oxazole rings is 1. The maximum Gasteiger partial charge on any atom is 0.416 e. The summed E-state index contributed by atoms with van der Waals surface area (Å²) >= 11 is 6.55. The molecule has 0 atom stereocenters. The summed E-state index contributed by atoms with van der Waals surface area (Å²) in [7, 11) is 6.70. The van der Waals surface area contributed by atoms with Gasteiger partial charge in [0.05, 0.1) is 66.8 Å². The molecule has 27 nitrogen and oxygen atoms in total. The largest absolute Gasteiger partial charge is 0.416 e. The van der Waals surface area contributed by atoms with E-state index in [1.165, 1.54) is 55.6 Å². The van der Waals surface area contributed by atoms with Crippen LogP contribution in [0, 0.1) is 69.0 Å². The van der Waals surface area contributed by atoms with Gasteiger partial charge in [-0.1, -0.05) is 65.6 Å². The zero-order chi connectivity index (χ0) is 81.0. The molecule has 584 valence electrons. The zero-order valence-corrected chi connectivity index (χ0v) is 63.9. The Labute approximate surface area is 654 Å². The Hall–Kier alpha value is -12.8. The molecule has 0 aliphatic carbocycles. The number of primary amides is 1. The van der Waals surface area contributed by atoms with Gasteiger partial charge in [-0.2, -0.15) is 23.0 Å². The first-order valence-electron chi connectivity index (χ1n) is 35.5. The molecule has 0 spiro atoms. The van der Waals surface area contributed by atoms with Gasteiger partial charge in [0.15, 0.2) is 11.6 Å². The van der Waals surface area contributed by atoms with Crippen molar-refractivity contribution in [3.63, 3.8) is 0 Å². The van der Waals surface area contributed by atoms with Gasteiger partial charge in [-0.25, -0.2) is 33.9 Å². The number of aliphatic hydroxyl groups excluding tert-OH is 1. The monoisotopic (exact) mass is 1560 g/mol. The van der Waals surface area contributed by atoms with Crippen molar-refractivity contribution < 1.29 is 55.9 Å². The van der Waals surface area contributed by atoms with Gasteiger partial charge >= 0.3 is 24.3 Å². The van der Waals surface area contributed by atoms with E-state index in [0.29, 0.717) is 69.7 Å². The first-order valence-corrected chi connectivity index (χ1v) is 35.9. The van der Waals surface area contributed by atoms with E-state index in [1.54, 1.807) is 83.4 Å². The number of anilines is 4. The smallest absolute Gasteiger partial charge is 0.415 e. The number of imidazole rings is 2. The van der Waals surface area contributed by atoms with E-state index in [4.69, 9.17) is 26.9 Å². The highest BCUT2D eigenvalue weighted by Gasteiger charge is 2.35. The first kappa shape index (κ1) is 82.7. The number of piperazine rings is 2. The van der Waals surface area contributed by atoms with E-state index in [-0.39, 0.29) is 77.6 Å². The van der Waals surface area contributed by atoms with Crippen molar-refractivity contribution in [2.45, 2.75) is 53.5 Å². The number of β-amino-alcohol motifs (C(OH)–C–C–N with tert-alkyl or cyclic N) is 1. The van der Waals surface area contributed by atoms with Crippen LogP contribution in [0.5, 0.6) is 0 Å². The molecule has 10 aromatic rings. The Kier molecular flexibility index (Phi) is 28.0. The molecule has 7 amide bonds. The SMILES string of the molecule is CNC(=O)c1ncc(C#Cc2cc(C(=O)Nc3ccc(CN4CCN(C)CC4)c(C(F)(F)F)c3)ccc2C)n1C.CNC(=O)n1cc(C#Cc2cc(NC(=O)c3ccc(CN4CCN(CCO)CC4)c(Cl)c3)ccc2C)cn1.Cc1cn(Cc2cc(F)cc(C(=O)Nc3ccc(C)c(C#Cc4cnc(NC(N)=O)o4)c3)n2)cn1. The number of carbonyl (C=O) groups excluding carboxylic acids is 6. The maximum atomic E-state index is 14.2. The number of carbonyl (C=O) groups is 6. The van der Waals surface area contributed by atoms with Crippen molar-refractivity contribution in [2.24, 2.45) is 12.8 Å². The fourth-order valence-electron chi connectivity index (χ4n) is 11.7. The van der Waals surface area contributed by atoms with Crippen molar-refractivity contribution in [3.05, 3.63) is 252 Å². The summed E-state index contributed by atoms with van der Waals surface area (Å²) < 4.78 is 65.7. The number of amides is 7. The number of aromatic nitrogens is 8. The molecule has 0 saturated carbocycles. The van der Waals surface area contributed by atoms with Crippen LogP contribution in [0.2, 0.25) is 5.02 Å². The second kappa shape index (κ2) is 38.2. The minimum Gasteiger partial charge on any atom is -0.415 e. The lowest BCUT2D eigenvalue weighted by Gasteiger charge is -2.34. The highest BCUT2D eigenvalue weighted by molar-refractivity contribution is 6.31. The first-order chi connectivity index (χ1) is 54.1. The number of benzene rings is 5. The number of nitrogens with one attached hydrogen (secondary N) is 6. The van der Waals surface area contributed by atoms with Crippen LogP contribution < -0.4 is 37.6 Å². The summed E-state index contributed by atoms with van der Waals surface area (Å²) in [5, 5.41) is 29.1. The number of urea groups is 1. The van der Waals surface area contributed by atoms with Crippen molar-refractivity contribution in [3.8, 4) is 35.5 Å². The number of alkyl halides is 3. The molecule has 2 fully saturated rings. The summed E-state index contributed by atoms with van der Waals surface area (Å²) in [5.41, 5.74) is 14.1. The average molecular weight is 1560 g/mol. The van der Waals surface area contributed by atoms with Crippen LogP contribution in [0.15, 0.2) is 145 Å². The van der Waals surface area contributed by atoms with Crippen LogP contribution in [0.4, 0.5) is 50.2 Å².